The Hall–Kier alpha value is -0.800. The molecule has 16 heavy (non-hydrogen) atoms. The summed E-state index contributed by atoms with van der Waals surface area (Å²) in [6.45, 7) is 1.67. The number of hydrogen-bond acceptors (Lipinski definition) is 3. The van der Waals surface area contributed by atoms with Gasteiger partial charge in [0.1, 0.15) is 5.54 Å². The first-order valence-corrected chi connectivity index (χ1v) is 5.08. The zero-order valence-corrected chi connectivity index (χ0v) is 9.52. The van der Waals surface area contributed by atoms with Crippen molar-refractivity contribution in [2.45, 2.75) is 37.9 Å². The zero-order valence-electron chi connectivity index (χ0n) is 9.52. The molecule has 0 spiro atoms. The van der Waals surface area contributed by atoms with Crippen LogP contribution in [0.5, 0.6) is 0 Å². The van der Waals surface area contributed by atoms with E-state index < -0.39 is 18.1 Å². The summed E-state index contributed by atoms with van der Waals surface area (Å²) in [4.78, 5) is 0. The Bertz CT molecular complexity index is 237. The molecule has 0 aliphatic heterocycles. The van der Waals surface area contributed by atoms with Crippen molar-refractivity contribution < 1.29 is 17.9 Å². The first kappa shape index (κ1) is 15.2. The van der Waals surface area contributed by atoms with Crippen LogP contribution in [-0.2, 0) is 4.74 Å². The normalized spacial score (nSPS) is 15.5. The Morgan fingerprint density at radius 1 is 1.25 bits per heavy atom. The Balaban J connectivity index is 3.52. The topological polar surface area (TPSA) is 45.0 Å². The summed E-state index contributed by atoms with van der Waals surface area (Å²) in [5.74, 6) is 0. The van der Waals surface area contributed by atoms with Gasteiger partial charge in [-0.05, 0) is 26.8 Å². The van der Waals surface area contributed by atoms with Gasteiger partial charge in [-0.25, -0.2) is 0 Å². The van der Waals surface area contributed by atoms with Gasteiger partial charge in [0.25, 0.3) is 0 Å². The third-order valence-electron chi connectivity index (χ3n) is 2.29. The van der Waals surface area contributed by atoms with E-state index in [0.717, 1.165) is 0 Å². The van der Waals surface area contributed by atoms with E-state index >= 15 is 0 Å². The quantitative estimate of drug-likeness (QED) is 0.692. The molecule has 0 aliphatic carbocycles. The lowest BCUT2D eigenvalue weighted by atomic mass is 9.98. The minimum Gasteiger partial charge on any atom is -0.381 e. The maximum atomic E-state index is 11.7. The fourth-order valence-corrected chi connectivity index (χ4v) is 1.05. The Labute approximate surface area is 93.6 Å². The molecule has 0 amide bonds. The molecule has 0 bridgehead atoms. The summed E-state index contributed by atoms with van der Waals surface area (Å²) in [6, 6.07) is 2.10. The molecule has 0 saturated heterocycles. The number of nitrogens with zero attached hydrogens (tertiary/aromatic N) is 1. The van der Waals surface area contributed by atoms with Gasteiger partial charge in [0.15, 0.2) is 0 Å². The number of rotatable bonds is 7. The molecule has 0 aromatic rings. The van der Waals surface area contributed by atoms with Gasteiger partial charge in [0.2, 0.25) is 0 Å². The van der Waals surface area contributed by atoms with E-state index in [9.17, 15) is 13.2 Å². The van der Waals surface area contributed by atoms with Crippen molar-refractivity contribution in [3.63, 3.8) is 0 Å². The van der Waals surface area contributed by atoms with Crippen molar-refractivity contribution in [2.75, 3.05) is 20.3 Å². The first-order valence-electron chi connectivity index (χ1n) is 5.08. The van der Waals surface area contributed by atoms with Crippen molar-refractivity contribution in [1.29, 1.82) is 5.26 Å². The maximum absolute atomic E-state index is 11.7. The molecule has 6 heteroatoms. The molecule has 3 nitrogen and oxygen atoms in total. The maximum Gasteiger partial charge on any atom is 0.391 e. The summed E-state index contributed by atoms with van der Waals surface area (Å²) in [5, 5.41) is 11.6. The molecule has 1 atom stereocenters. The minimum atomic E-state index is -4.16. The molecule has 0 aromatic carbocycles. The Morgan fingerprint density at radius 3 is 2.31 bits per heavy atom. The summed E-state index contributed by atoms with van der Waals surface area (Å²) in [7, 11) is 1.67. The van der Waals surface area contributed by atoms with Crippen LogP contribution in [0.2, 0.25) is 0 Å². The number of hydrogen-bond donors (Lipinski definition) is 1. The van der Waals surface area contributed by atoms with Gasteiger partial charge in [-0.1, -0.05) is 0 Å². The lowest BCUT2D eigenvalue weighted by molar-refractivity contribution is -0.145. The standard InChI is InChI=1S/C10H17F3N2O/c1-9(8-14,15-2)4-3-6-16-7-5-10(11,12)13/h15H,3-7H2,1-2H3. The van der Waals surface area contributed by atoms with Gasteiger partial charge in [0, 0.05) is 6.61 Å². The fourth-order valence-electron chi connectivity index (χ4n) is 1.05. The highest BCUT2D eigenvalue weighted by Crippen LogP contribution is 2.19. The van der Waals surface area contributed by atoms with Crippen molar-refractivity contribution >= 4 is 0 Å². The highest BCUT2D eigenvalue weighted by atomic mass is 19.4. The third-order valence-corrected chi connectivity index (χ3v) is 2.29. The second kappa shape index (κ2) is 6.71. The summed E-state index contributed by atoms with van der Waals surface area (Å²) in [5.41, 5.74) is -0.632. The zero-order chi connectivity index (χ0) is 12.7. The van der Waals surface area contributed by atoms with E-state index in [2.05, 4.69) is 11.4 Å². The smallest absolute Gasteiger partial charge is 0.381 e. The van der Waals surface area contributed by atoms with E-state index in [-0.39, 0.29) is 13.2 Å². The van der Waals surface area contributed by atoms with Crippen molar-refractivity contribution in [2.24, 2.45) is 0 Å². The molecule has 0 aromatic heterocycles. The number of ether oxygens (including phenoxy) is 1. The van der Waals surface area contributed by atoms with Crippen LogP contribution >= 0.6 is 0 Å². The number of nitrogens with one attached hydrogen (secondary N) is 1. The lowest BCUT2D eigenvalue weighted by Gasteiger charge is -2.20. The molecule has 0 radical (unpaired) electrons. The van der Waals surface area contributed by atoms with Gasteiger partial charge < -0.3 is 10.1 Å². The van der Waals surface area contributed by atoms with E-state index in [1.54, 1.807) is 14.0 Å². The second-order valence-electron chi connectivity index (χ2n) is 3.78. The molecular formula is C10H17F3N2O. The SMILES string of the molecule is CNC(C)(C#N)CCCOCCC(F)(F)F. The van der Waals surface area contributed by atoms with Crippen LogP contribution in [0.1, 0.15) is 26.2 Å². The molecule has 0 aliphatic rings. The molecular weight excluding hydrogens is 221 g/mol. The average molecular weight is 238 g/mol. The van der Waals surface area contributed by atoms with E-state index in [0.29, 0.717) is 12.8 Å². The van der Waals surface area contributed by atoms with Crippen molar-refractivity contribution in [3.8, 4) is 6.07 Å². The van der Waals surface area contributed by atoms with Crippen LogP contribution in [0.3, 0.4) is 0 Å². The van der Waals surface area contributed by atoms with Gasteiger partial charge in [0.05, 0.1) is 19.1 Å². The highest BCUT2D eigenvalue weighted by Gasteiger charge is 2.26. The fraction of sp³-hybridized carbons (Fsp3) is 0.900. The monoisotopic (exact) mass is 238 g/mol. The van der Waals surface area contributed by atoms with E-state index in [1.165, 1.54) is 0 Å². The lowest BCUT2D eigenvalue weighted by Crippen LogP contribution is -2.38. The molecule has 0 heterocycles. The number of alkyl halides is 3. The second-order valence-corrected chi connectivity index (χ2v) is 3.78. The molecule has 1 N–H and O–H groups in total. The molecule has 0 saturated carbocycles. The third kappa shape index (κ3) is 7.49. The van der Waals surface area contributed by atoms with Crippen molar-refractivity contribution in [1.82, 2.24) is 5.32 Å². The van der Waals surface area contributed by atoms with Gasteiger partial charge in [-0.3, -0.25) is 0 Å². The van der Waals surface area contributed by atoms with Crippen LogP contribution in [-0.4, -0.2) is 32.0 Å². The van der Waals surface area contributed by atoms with Crippen LogP contribution < -0.4 is 5.32 Å². The van der Waals surface area contributed by atoms with Crippen LogP contribution in [0.4, 0.5) is 13.2 Å². The number of halogens is 3. The van der Waals surface area contributed by atoms with Gasteiger partial charge in [-0.15, -0.1) is 0 Å². The average Bonchev–Trinajstić information content (AvgIpc) is 2.21. The van der Waals surface area contributed by atoms with Gasteiger partial charge in [-0.2, -0.15) is 18.4 Å². The summed E-state index contributed by atoms with van der Waals surface area (Å²) >= 11 is 0. The van der Waals surface area contributed by atoms with E-state index in [4.69, 9.17) is 10.00 Å². The molecule has 1 unspecified atom stereocenters. The first-order chi connectivity index (χ1) is 7.33. The molecule has 94 valence electrons. The van der Waals surface area contributed by atoms with Crippen LogP contribution in [0, 0.1) is 11.3 Å². The molecule has 0 rings (SSSR count). The summed E-state index contributed by atoms with van der Waals surface area (Å²) < 4.78 is 40.0. The predicted octanol–water partition coefficient (Wildman–Crippen LogP) is 2.24. The predicted molar refractivity (Wildman–Crippen MR) is 53.8 cm³/mol. The van der Waals surface area contributed by atoms with Crippen LogP contribution in [0.15, 0.2) is 0 Å². The number of nitriles is 1. The minimum absolute atomic E-state index is 0.245. The van der Waals surface area contributed by atoms with Crippen molar-refractivity contribution in [3.05, 3.63) is 0 Å². The van der Waals surface area contributed by atoms with E-state index in [1.807, 2.05) is 0 Å². The highest BCUT2D eigenvalue weighted by molar-refractivity contribution is 5.02. The Morgan fingerprint density at radius 2 is 1.88 bits per heavy atom. The largest absolute Gasteiger partial charge is 0.391 e. The molecule has 0 fully saturated rings. The van der Waals surface area contributed by atoms with Crippen LogP contribution in [0.25, 0.3) is 0 Å². The van der Waals surface area contributed by atoms with Gasteiger partial charge >= 0.3 is 6.18 Å². The summed E-state index contributed by atoms with van der Waals surface area (Å²) in [6.07, 6.45) is -3.98. The Kier molecular flexibility index (Phi) is 6.38.